The largest absolute Gasteiger partial charge is 0.247 e. The lowest BCUT2D eigenvalue weighted by atomic mass is 9.82. The molecule has 0 bridgehead atoms. The van der Waals surface area contributed by atoms with Crippen molar-refractivity contribution in [2.24, 2.45) is 5.41 Å². The van der Waals surface area contributed by atoms with E-state index in [0.717, 1.165) is 18.5 Å². The summed E-state index contributed by atoms with van der Waals surface area (Å²) in [5.74, 6) is 0. The van der Waals surface area contributed by atoms with Crippen molar-refractivity contribution >= 4 is 0 Å². The molecule has 0 unspecified atom stereocenters. The van der Waals surface area contributed by atoms with E-state index in [-0.39, 0.29) is 5.54 Å². The van der Waals surface area contributed by atoms with Gasteiger partial charge in [-0.15, -0.1) is 5.10 Å². The fourth-order valence-corrected chi connectivity index (χ4v) is 2.14. The van der Waals surface area contributed by atoms with Crippen LogP contribution in [0.4, 0.5) is 0 Å². The molecule has 0 spiro atoms. The molecule has 1 aromatic heterocycles. The van der Waals surface area contributed by atoms with Crippen LogP contribution in [0.2, 0.25) is 0 Å². The summed E-state index contributed by atoms with van der Waals surface area (Å²) in [6, 6.07) is 0. The molecule has 0 aliphatic heterocycles. The smallest absolute Gasteiger partial charge is 0.0824 e. The van der Waals surface area contributed by atoms with Crippen molar-refractivity contribution in [1.82, 2.24) is 15.0 Å². The van der Waals surface area contributed by atoms with Gasteiger partial charge in [-0.1, -0.05) is 32.9 Å². The molecule has 0 saturated carbocycles. The van der Waals surface area contributed by atoms with E-state index in [9.17, 15) is 0 Å². The maximum absolute atomic E-state index is 4.21. The minimum atomic E-state index is 0.0403. The summed E-state index contributed by atoms with van der Waals surface area (Å²) in [6.45, 7) is 13.3. The molecule has 0 fully saturated rings. The molecule has 3 nitrogen and oxygen atoms in total. The highest BCUT2D eigenvalue weighted by molar-refractivity contribution is 4.95. The van der Waals surface area contributed by atoms with Gasteiger partial charge in [0, 0.05) is 6.20 Å². The lowest BCUT2D eigenvalue weighted by Crippen LogP contribution is -2.32. The molecule has 86 valence electrons. The number of aryl methyl sites for hydroxylation is 1. The topological polar surface area (TPSA) is 30.7 Å². The fourth-order valence-electron chi connectivity index (χ4n) is 2.14. The second kappa shape index (κ2) is 3.95. The molecule has 0 atom stereocenters. The van der Waals surface area contributed by atoms with Crippen LogP contribution < -0.4 is 0 Å². The molecule has 15 heavy (non-hydrogen) atoms. The van der Waals surface area contributed by atoms with E-state index < -0.39 is 0 Å². The van der Waals surface area contributed by atoms with Gasteiger partial charge in [0.15, 0.2) is 0 Å². The first kappa shape index (κ1) is 12.2. The summed E-state index contributed by atoms with van der Waals surface area (Å²) in [6.07, 6.45) is 4.10. The van der Waals surface area contributed by atoms with Gasteiger partial charge in [-0.05, 0) is 32.1 Å². The Hall–Kier alpha value is -0.860. The molecule has 0 amide bonds. The van der Waals surface area contributed by atoms with E-state index in [4.69, 9.17) is 0 Å². The summed E-state index contributed by atoms with van der Waals surface area (Å²) < 4.78 is 2.00. The van der Waals surface area contributed by atoms with Crippen molar-refractivity contribution in [1.29, 1.82) is 0 Å². The van der Waals surface area contributed by atoms with Crippen LogP contribution in [-0.4, -0.2) is 15.0 Å². The van der Waals surface area contributed by atoms with Crippen molar-refractivity contribution in [2.75, 3.05) is 0 Å². The van der Waals surface area contributed by atoms with Gasteiger partial charge in [0.2, 0.25) is 0 Å². The van der Waals surface area contributed by atoms with Crippen LogP contribution in [0.25, 0.3) is 0 Å². The summed E-state index contributed by atoms with van der Waals surface area (Å²) >= 11 is 0. The van der Waals surface area contributed by atoms with Crippen molar-refractivity contribution in [3.05, 3.63) is 11.9 Å². The fraction of sp³-hybridized carbons (Fsp3) is 0.833. The van der Waals surface area contributed by atoms with Crippen LogP contribution in [0.1, 0.15) is 53.7 Å². The Morgan fingerprint density at radius 2 is 1.80 bits per heavy atom. The molecular formula is C12H23N3. The number of nitrogens with zero attached hydrogens (tertiary/aromatic N) is 3. The van der Waals surface area contributed by atoms with Crippen LogP contribution >= 0.6 is 0 Å². The highest BCUT2D eigenvalue weighted by Gasteiger charge is 2.28. The standard InChI is InChI=1S/C12H23N3/c1-7-10-8-15(14-13-10)12(5,6)9-11(2,3)4/h8H,7,9H2,1-6H3. The predicted molar refractivity (Wildman–Crippen MR) is 62.8 cm³/mol. The van der Waals surface area contributed by atoms with E-state index in [1.165, 1.54) is 0 Å². The summed E-state index contributed by atoms with van der Waals surface area (Å²) in [4.78, 5) is 0. The van der Waals surface area contributed by atoms with Gasteiger partial charge < -0.3 is 0 Å². The first-order valence-corrected chi connectivity index (χ1v) is 5.66. The second-order valence-electron chi connectivity index (χ2n) is 6.06. The average molecular weight is 209 g/mol. The molecule has 0 aliphatic rings. The van der Waals surface area contributed by atoms with Gasteiger partial charge >= 0.3 is 0 Å². The number of hydrogen-bond donors (Lipinski definition) is 0. The minimum absolute atomic E-state index is 0.0403. The maximum Gasteiger partial charge on any atom is 0.0824 e. The minimum Gasteiger partial charge on any atom is -0.247 e. The second-order valence-corrected chi connectivity index (χ2v) is 6.06. The normalized spacial score (nSPS) is 13.2. The van der Waals surface area contributed by atoms with Crippen LogP contribution in [0.5, 0.6) is 0 Å². The molecule has 3 heteroatoms. The van der Waals surface area contributed by atoms with Crippen LogP contribution in [-0.2, 0) is 12.0 Å². The Morgan fingerprint density at radius 3 is 2.20 bits per heavy atom. The van der Waals surface area contributed by atoms with Crippen LogP contribution in [0, 0.1) is 5.41 Å². The Kier molecular flexibility index (Phi) is 3.22. The summed E-state index contributed by atoms with van der Waals surface area (Å²) in [5, 5.41) is 8.35. The van der Waals surface area contributed by atoms with Gasteiger partial charge in [0.1, 0.15) is 0 Å². The molecule has 0 radical (unpaired) electrons. The zero-order chi connectivity index (χ0) is 11.7. The first-order chi connectivity index (χ1) is 6.74. The number of hydrogen-bond acceptors (Lipinski definition) is 2. The van der Waals surface area contributed by atoms with Crippen LogP contribution in [0.3, 0.4) is 0 Å². The number of rotatable bonds is 3. The molecule has 0 saturated heterocycles. The third kappa shape index (κ3) is 3.33. The zero-order valence-electron chi connectivity index (χ0n) is 10.8. The quantitative estimate of drug-likeness (QED) is 0.766. The van der Waals surface area contributed by atoms with E-state index >= 15 is 0 Å². The van der Waals surface area contributed by atoms with E-state index in [2.05, 4.69) is 58.1 Å². The SMILES string of the molecule is CCc1cn(C(C)(C)CC(C)(C)C)nn1. The monoisotopic (exact) mass is 209 g/mol. The van der Waals surface area contributed by atoms with Crippen LogP contribution in [0.15, 0.2) is 6.20 Å². The molecule has 1 heterocycles. The highest BCUT2D eigenvalue weighted by Crippen LogP contribution is 2.31. The van der Waals surface area contributed by atoms with E-state index in [1.807, 2.05) is 4.68 Å². The molecule has 0 N–H and O–H groups in total. The molecular weight excluding hydrogens is 186 g/mol. The molecule has 0 aromatic carbocycles. The first-order valence-electron chi connectivity index (χ1n) is 5.66. The lowest BCUT2D eigenvalue weighted by Gasteiger charge is -2.32. The van der Waals surface area contributed by atoms with Gasteiger partial charge in [0.05, 0.1) is 11.2 Å². The predicted octanol–water partition coefficient (Wildman–Crippen LogP) is 3.01. The van der Waals surface area contributed by atoms with Crippen molar-refractivity contribution < 1.29 is 0 Å². The molecule has 0 aliphatic carbocycles. The van der Waals surface area contributed by atoms with Crippen molar-refractivity contribution in [3.8, 4) is 0 Å². The van der Waals surface area contributed by atoms with Gasteiger partial charge in [-0.3, -0.25) is 0 Å². The maximum atomic E-state index is 4.21. The molecule has 1 rings (SSSR count). The Labute approximate surface area is 92.9 Å². The Balaban J connectivity index is 2.85. The van der Waals surface area contributed by atoms with E-state index in [0.29, 0.717) is 5.41 Å². The van der Waals surface area contributed by atoms with Gasteiger partial charge in [0.25, 0.3) is 0 Å². The highest BCUT2D eigenvalue weighted by atomic mass is 15.4. The van der Waals surface area contributed by atoms with Gasteiger partial charge in [-0.2, -0.15) is 0 Å². The van der Waals surface area contributed by atoms with Crippen molar-refractivity contribution in [3.63, 3.8) is 0 Å². The lowest BCUT2D eigenvalue weighted by molar-refractivity contribution is 0.195. The van der Waals surface area contributed by atoms with E-state index in [1.54, 1.807) is 0 Å². The van der Waals surface area contributed by atoms with Gasteiger partial charge in [-0.25, -0.2) is 4.68 Å². The third-order valence-corrected chi connectivity index (χ3v) is 2.49. The average Bonchev–Trinajstić information content (AvgIpc) is 2.47. The number of aromatic nitrogens is 3. The Bertz CT molecular complexity index is 318. The summed E-state index contributed by atoms with van der Waals surface area (Å²) in [5.41, 5.74) is 1.41. The van der Waals surface area contributed by atoms with Crippen molar-refractivity contribution in [2.45, 2.75) is 59.9 Å². The summed E-state index contributed by atoms with van der Waals surface area (Å²) in [7, 11) is 0. The third-order valence-electron chi connectivity index (χ3n) is 2.49. The molecule has 1 aromatic rings. The Morgan fingerprint density at radius 1 is 1.20 bits per heavy atom. The zero-order valence-corrected chi connectivity index (χ0v) is 10.8.